The van der Waals surface area contributed by atoms with Crippen molar-refractivity contribution in [3.63, 3.8) is 0 Å². The van der Waals surface area contributed by atoms with E-state index in [9.17, 15) is 8.42 Å². The summed E-state index contributed by atoms with van der Waals surface area (Å²) in [6.45, 7) is 4.48. The smallest absolute Gasteiger partial charge is 0.240 e. The number of hydrogen-bond acceptors (Lipinski definition) is 6. The Morgan fingerprint density at radius 1 is 1.16 bits per heavy atom. The van der Waals surface area contributed by atoms with E-state index in [2.05, 4.69) is 20.7 Å². The summed E-state index contributed by atoms with van der Waals surface area (Å²) >= 11 is 6.20. The van der Waals surface area contributed by atoms with Crippen LogP contribution < -0.4 is 15.2 Å². The summed E-state index contributed by atoms with van der Waals surface area (Å²) in [6.07, 6.45) is 1.56. The van der Waals surface area contributed by atoms with Crippen LogP contribution in [0.3, 0.4) is 0 Å². The minimum atomic E-state index is -3.70. The van der Waals surface area contributed by atoms with E-state index in [-0.39, 0.29) is 16.0 Å². The van der Waals surface area contributed by atoms with Gasteiger partial charge in [-0.25, -0.2) is 18.1 Å². The van der Waals surface area contributed by atoms with Crippen molar-refractivity contribution in [3.05, 3.63) is 77.3 Å². The van der Waals surface area contributed by atoms with Gasteiger partial charge < -0.3 is 15.4 Å². The Kier molecular flexibility index (Phi) is 9.02. The topological polar surface area (TPSA) is 121 Å². The Morgan fingerprint density at radius 2 is 1.84 bits per heavy atom. The van der Waals surface area contributed by atoms with Gasteiger partial charge >= 0.3 is 0 Å². The number of nitriles is 1. The number of rotatable bonds is 10. The molecule has 1 aliphatic heterocycles. The van der Waals surface area contributed by atoms with Crippen molar-refractivity contribution in [2.24, 2.45) is 10.7 Å². The molecule has 10 heteroatoms. The van der Waals surface area contributed by atoms with Gasteiger partial charge in [-0.15, -0.1) is 0 Å². The molecular weight excluding hydrogens is 522 g/mol. The number of nitrogens with two attached hydrogens (primary N) is 1. The molecule has 4 rings (SSSR count). The van der Waals surface area contributed by atoms with E-state index < -0.39 is 10.0 Å². The zero-order valence-corrected chi connectivity index (χ0v) is 22.7. The molecule has 0 amide bonds. The Morgan fingerprint density at radius 3 is 2.47 bits per heavy atom. The van der Waals surface area contributed by atoms with Crippen LogP contribution in [0.4, 0.5) is 5.69 Å². The molecule has 198 valence electrons. The molecule has 0 aliphatic carbocycles. The average molecular weight is 552 g/mol. The molecule has 0 bridgehead atoms. The molecule has 0 radical (unpaired) electrons. The van der Waals surface area contributed by atoms with Crippen molar-refractivity contribution < 1.29 is 13.2 Å². The van der Waals surface area contributed by atoms with E-state index >= 15 is 0 Å². The molecule has 0 spiro atoms. The molecular formula is C28H30ClN5O3S. The third-order valence-electron chi connectivity index (χ3n) is 6.21. The number of likely N-dealkylation sites (tertiary alicyclic amines) is 1. The first kappa shape index (κ1) is 27.6. The predicted molar refractivity (Wildman–Crippen MR) is 150 cm³/mol. The molecule has 1 fully saturated rings. The predicted octanol–water partition coefficient (Wildman–Crippen LogP) is 4.71. The second kappa shape index (κ2) is 12.4. The van der Waals surface area contributed by atoms with E-state index in [1.165, 1.54) is 12.1 Å². The Hall–Kier alpha value is -3.42. The van der Waals surface area contributed by atoms with E-state index in [0.29, 0.717) is 30.2 Å². The van der Waals surface area contributed by atoms with Gasteiger partial charge in [-0.2, -0.15) is 5.26 Å². The summed E-state index contributed by atoms with van der Waals surface area (Å²) < 4.78 is 34.4. The third-order valence-corrected chi connectivity index (χ3v) is 8.03. The van der Waals surface area contributed by atoms with Gasteiger partial charge in [-0.3, -0.25) is 0 Å². The summed E-state index contributed by atoms with van der Waals surface area (Å²) in [6, 6.07) is 21.7. The van der Waals surface area contributed by atoms with Crippen LogP contribution in [0, 0.1) is 11.3 Å². The molecule has 1 saturated heterocycles. The summed E-state index contributed by atoms with van der Waals surface area (Å²) in [5.41, 5.74) is 8.76. The lowest BCUT2D eigenvalue weighted by Gasteiger charge is -2.17. The van der Waals surface area contributed by atoms with Crippen molar-refractivity contribution in [1.29, 1.82) is 5.26 Å². The maximum Gasteiger partial charge on any atom is 0.240 e. The van der Waals surface area contributed by atoms with Crippen LogP contribution in [0.25, 0.3) is 11.1 Å². The van der Waals surface area contributed by atoms with Gasteiger partial charge in [-0.05, 0) is 79.9 Å². The van der Waals surface area contributed by atoms with Gasteiger partial charge in [0.15, 0.2) is 0 Å². The number of hydrogen-bond donors (Lipinski definition) is 2. The zero-order chi connectivity index (χ0) is 27.1. The van der Waals surface area contributed by atoms with E-state index in [4.69, 9.17) is 27.3 Å². The van der Waals surface area contributed by atoms with E-state index in [1.54, 1.807) is 25.1 Å². The highest BCUT2D eigenvalue weighted by Gasteiger charge is 2.27. The number of nitrogens with zero attached hydrogens (tertiary/aromatic N) is 3. The van der Waals surface area contributed by atoms with Gasteiger partial charge in [0.25, 0.3) is 0 Å². The molecule has 1 heterocycles. The second-order valence-electron chi connectivity index (χ2n) is 9.19. The maximum absolute atomic E-state index is 12.9. The van der Waals surface area contributed by atoms with Crippen molar-refractivity contribution in [2.75, 3.05) is 26.2 Å². The van der Waals surface area contributed by atoms with Gasteiger partial charge in [-0.1, -0.05) is 35.9 Å². The summed E-state index contributed by atoms with van der Waals surface area (Å²) in [5.74, 6) is 1.14. The van der Waals surface area contributed by atoms with Crippen LogP contribution in [-0.4, -0.2) is 51.4 Å². The minimum absolute atomic E-state index is 0.105. The van der Waals surface area contributed by atoms with Gasteiger partial charge in [0.1, 0.15) is 5.75 Å². The fraction of sp³-hybridized carbons (Fsp3) is 0.286. The standard InChI is InChI=1S/C28H30ClN5O3S/c1-20(31)32-28-12-11-26(17-27(28)29)38(35,36)33-24-13-15-34(19-24)14-2-16-37-25-9-7-23(8-10-25)22-5-3-21(18-30)4-6-22/h3-12,17,24,33H,2,13-16,19H2,1H3,(H2,31,32). The fourth-order valence-corrected chi connectivity index (χ4v) is 5.89. The van der Waals surface area contributed by atoms with Crippen molar-refractivity contribution in [2.45, 2.75) is 30.7 Å². The first-order valence-corrected chi connectivity index (χ1v) is 14.2. The molecule has 1 unspecified atom stereocenters. The van der Waals surface area contributed by atoms with Gasteiger partial charge in [0.05, 0.1) is 39.7 Å². The maximum atomic E-state index is 12.9. The van der Waals surface area contributed by atoms with Crippen molar-refractivity contribution >= 4 is 33.1 Å². The largest absolute Gasteiger partial charge is 0.494 e. The number of benzene rings is 3. The lowest BCUT2D eigenvalue weighted by molar-refractivity contribution is 0.261. The quantitative estimate of drug-likeness (QED) is 0.214. The van der Waals surface area contributed by atoms with Crippen molar-refractivity contribution in [1.82, 2.24) is 9.62 Å². The Bertz CT molecular complexity index is 1430. The highest BCUT2D eigenvalue weighted by Crippen LogP contribution is 2.28. The highest BCUT2D eigenvalue weighted by molar-refractivity contribution is 7.89. The molecule has 3 aromatic carbocycles. The SMILES string of the molecule is CC(N)=Nc1ccc(S(=O)(=O)NC2CCN(CCCOc3ccc(-c4ccc(C#N)cc4)cc3)C2)cc1Cl. The van der Waals surface area contributed by atoms with Crippen LogP contribution in [-0.2, 0) is 10.0 Å². The molecule has 1 aliphatic rings. The Labute approximate surface area is 228 Å². The number of ether oxygens (including phenoxy) is 1. The van der Waals surface area contributed by atoms with Crippen LogP contribution >= 0.6 is 11.6 Å². The number of nitrogens with one attached hydrogen (secondary N) is 1. The lowest BCUT2D eigenvalue weighted by atomic mass is 10.0. The minimum Gasteiger partial charge on any atom is -0.494 e. The first-order chi connectivity index (χ1) is 18.2. The number of sulfonamides is 1. The highest BCUT2D eigenvalue weighted by atomic mass is 35.5. The second-order valence-corrected chi connectivity index (χ2v) is 11.3. The summed E-state index contributed by atoms with van der Waals surface area (Å²) in [7, 11) is -3.70. The van der Waals surface area contributed by atoms with E-state index in [0.717, 1.165) is 42.8 Å². The van der Waals surface area contributed by atoms with Gasteiger partial charge in [0.2, 0.25) is 10.0 Å². The molecule has 0 aromatic heterocycles. The summed E-state index contributed by atoms with van der Waals surface area (Å²) in [5, 5.41) is 9.17. The number of halogens is 1. The zero-order valence-electron chi connectivity index (χ0n) is 21.1. The molecule has 3 N–H and O–H groups in total. The molecule has 0 saturated carbocycles. The Balaban J connectivity index is 1.21. The molecule has 38 heavy (non-hydrogen) atoms. The van der Waals surface area contributed by atoms with Crippen molar-refractivity contribution in [3.8, 4) is 22.9 Å². The van der Waals surface area contributed by atoms with Gasteiger partial charge in [0, 0.05) is 19.1 Å². The third kappa shape index (κ3) is 7.33. The van der Waals surface area contributed by atoms with Crippen LogP contribution in [0.1, 0.15) is 25.3 Å². The molecule has 3 aromatic rings. The lowest BCUT2D eigenvalue weighted by Crippen LogP contribution is -2.37. The number of amidine groups is 1. The van der Waals surface area contributed by atoms with E-state index in [1.807, 2.05) is 36.4 Å². The average Bonchev–Trinajstić information content (AvgIpc) is 3.34. The molecule has 1 atom stereocenters. The monoisotopic (exact) mass is 551 g/mol. The number of aliphatic imine (C=N–C) groups is 1. The fourth-order valence-electron chi connectivity index (χ4n) is 4.31. The van der Waals surface area contributed by atoms with Crippen LogP contribution in [0.5, 0.6) is 5.75 Å². The molecule has 8 nitrogen and oxygen atoms in total. The first-order valence-electron chi connectivity index (χ1n) is 12.3. The van der Waals surface area contributed by atoms with Crippen LogP contribution in [0.15, 0.2) is 76.6 Å². The van der Waals surface area contributed by atoms with Crippen LogP contribution in [0.2, 0.25) is 5.02 Å². The summed E-state index contributed by atoms with van der Waals surface area (Å²) in [4.78, 5) is 6.43. The normalized spacial score (nSPS) is 16.3.